The van der Waals surface area contributed by atoms with E-state index in [0.29, 0.717) is 11.6 Å². The minimum absolute atomic E-state index is 0.0431. The molecule has 26 heavy (non-hydrogen) atoms. The molecule has 0 bridgehead atoms. The molecule has 0 aromatic heterocycles. The van der Waals surface area contributed by atoms with Crippen molar-refractivity contribution in [2.45, 2.75) is 4.90 Å². The highest BCUT2D eigenvalue weighted by atomic mass is 79.9. The van der Waals surface area contributed by atoms with Crippen LogP contribution in [0.5, 0.6) is 0 Å². The number of halogens is 3. The third-order valence-electron chi connectivity index (χ3n) is 4.13. The van der Waals surface area contributed by atoms with Crippen molar-refractivity contribution < 1.29 is 22.0 Å². The largest absolute Gasteiger partial charge is 0.336 e. The maximum atomic E-state index is 13.8. The summed E-state index contributed by atoms with van der Waals surface area (Å²) in [5.41, 5.74) is 0.508. The van der Waals surface area contributed by atoms with Crippen LogP contribution in [0.25, 0.3) is 0 Å². The Morgan fingerprint density at radius 1 is 0.962 bits per heavy atom. The van der Waals surface area contributed by atoms with Crippen LogP contribution in [0.3, 0.4) is 0 Å². The molecule has 0 unspecified atom stereocenters. The second-order valence-electron chi connectivity index (χ2n) is 5.78. The predicted molar refractivity (Wildman–Crippen MR) is 95.2 cm³/mol. The fourth-order valence-electron chi connectivity index (χ4n) is 2.73. The number of piperazine rings is 1. The van der Waals surface area contributed by atoms with Crippen LogP contribution in [0.2, 0.25) is 0 Å². The average Bonchev–Trinajstić information content (AvgIpc) is 2.61. The third kappa shape index (κ3) is 3.79. The molecule has 1 aliphatic rings. The van der Waals surface area contributed by atoms with E-state index in [1.165, 1.54) is 0 Å². The molecule has 0 spiro atoms. The Bertz CT molecular complexity index is 928. The van der Waals surface area contributed by atoms with E-state index in [1.54, 1.807) is 29.2 Å². The van der Waals surface area contributed by atoms with Gasteiger partial charge in [0.1, 0.15) is 16.5 Å². The van der Waals surface area contributed by atoms with Crippen LogP contribution in [0.15, 0.2) is 51.8 Å². The Morgan fingerprint density at radius 3 is 2.15 bits per heavy atom. The number of nitrogens with zero attached hydrogens (tertiary/aromatic N) is 2. The monoisotopic (exact) mass is 444 g/mol. The summed E-state index contributed by atoms with van der Waals surface area (Å²) in [4.78, 5) is 13.5. The molecule has 2 aromatic rings. The van der Waals surface area contributed by atoms with E-state index in [2.05, 4.69) is 15.9 Å². The van der Waals surface area contributed by atoms with Crippen LogP contribution < -0.4 is 0 Å². The minimum Gasteiger partial charge on any atom is -0.336 e. The van der Waals surface area contributed by atoms with E-state index in [4.69, 9.17) is 0 Å². The van der Waals surface area contributed by atoms with E-state index in [1.807, 2.05) is 0 Å². The zero-order valence-electron chi connectivity index (χ0n) is 13.5. The maximum Gasteiger partial charge on any atom is 0.253 e. The highest BCUT2D eigenvalue weighted by Crippen LogP contribution is 2.22. The van der Waals surface area contributed by atoms with Crippen molar-refractivity contribution in [2.24, 2.45) is 0 Å². The summed E-state index contributed by atoms with van der Waals surface area (Å²) in [7, 11) is -4.08. The van der Waals surface area contributed by atoms with Gasteiger partial charge < -0.3 is 4.90 Å². The quantitative estimate of drug-likeness (QED) is 0.731. The molecular weight excluding hydrogens is 430 g/mol. The Morgan fingerprint density at radius 2 is 1.58 bits per heavy atom. The Kier molecular flexibility index (Phi) is 5.40. The van der Waals surface area contributed by atoms with Crippen LogP contribution in [-0.2, 0) is 10.0 Å². The molecule has 1 aliphatic heterocycles. The van der Waals surface area contributed by atoms with Crippen LogP contribution in [0.4, 0.5) is 8.78 Å². The zero-order chi connectivity index (χ0) is 18.9. The molecule has 0 radical (unpaired) electrons. The molecule has 0 atom stereocenters. The van der Waals surface area contributed by atoms with E-state index in [9.17, 15) is 22.0 Å². The van der Waals surface area contributed by atoms with Crippen LogP contribution in [0, 0.1) is 11.6 Å². The zero-order valence-corrected chi connectivity index (χ0v) is 15.9. The molecule has 2 aromatic carbocycles. The van der Waals surface area contributed by atoms with Gasteiger partial charge in [0.15, 0.2) is 0 Å². The van der Waals surface area contributed by atoms with Crippen molar-refractivity contribution >= 4 is 31.9 Å². The number of hydrogen-bond acceptors (Lipinski definition) is 3. The van der Waals surface area contributed by atoms with Crippen LogP contribution in [-0.4, -0.2) is 49.7 Å². The molecule has 0 saturated carbocycles. The van der Waals surface area contributed by atoms with Crippen LogP contribution >= 0.6 is 15.9 Å². The first-order chi connectivity index (χ1) is 12.3. The van der Waals surface area contributed by atoms with Crippen molar-refractivity contribution in [2.75, 3.05) is 26.2 Å². The van der Waals surface area contributed by atoms with Gasteiger partial charge in [-0.15, -0.1) is 0 Å². The molecule has 1 fully saturated rings. The SMILES string of the molecule is O=C(c1ccc(Br)cc1)N1CCN(S(=O)(=O)c2ccc(F)cc2F)CC1. The average molecular weight is 445 g/mol. The lowest BCUT2D eigenvalue weighted by atomic mass is 10.2. The number of hydrogen-bond donors (Lipinski definition) is 0. The normalized spacial score (nSPS) is 15.9. The first-order valence-electron chi connectivity index (χ1n) is 7.79. The van der Waals surface area contributed by atoms with Gasteiger partial charge in [0.25, 0.3) is 5.91 Å². The van der Waals surface area contributed by atoms with Crippen molar-refractivity contribution in [3.8, 4) is 0 Å². The number of carbonyl (C=O) groups is 1. The fraction of sp³-hybridized carbons (Fsp3) is 0.235. The lowest BCUT2D eigenvalue weighted by Gasteiger charge is -2.34. The van der Waals surface area contributed by atoms with E-state index in [-0.39, 0.29) is 32.1 Å². The smallest absolute Gasteiger partial charge is 0.253 e. The van der Waals surface area contributed by atoms with Crippen molar-refractivity contribution in [3.05, 3.63) is 64.1 Å². The maximum absolute atomic E-state index is 13.8. The van der Waals surface area contributed by atoms with Crippen molar-refractivity contribution in [1.29, 1.82) is 0 Å². The summed E-state index contributed by atoms with van der Waals surface area (Å²) >= 11 is 3.30. The number of carbonyl (C=O) groups excluding carboxylic acids is 1. The van der Waals surface area contributed by atoms with E-state index < -0.39 is 26.6 Å². The van der Waals surface area contributed by atoms with Crippen molar-refractivity contribution in [3.63, 3.8) is 0 Å². The van der Waals surface area contributed by atoms with Gasteiger partial charge in [-0.2, -0.15) is 4.31 Å². The van der Waals surface area contributed by atoms with Gasteiger partial charge in [0.2, 0.25) is 10.0 Å². The molecule has 0 N–H and O–H groups in total. The summed E-state index contributed by atoms with van der Waals surface area (Å²) in [5, 5.41) is 0. The van der Waals surface area contributed by atoms with Gasteiger partial charge in [-0.3, -0.25) is 4.79 Å². The van der Waals surface area contributed by atoms with Crippen molar-refractivity contribution in [1.82, 2.24) is 9.21 Å². The first-order valence-corrected chi connectivity index (χ1v) is 10.0. The Hall–Kier alpha value is -1.84. The molecule has 0 aliphatic carbocycles. The van der Waals surface area contributed by atoms with Gasteiger partial charge >= 0.3 is 0 Å². The molecule has 138 valence electrons. The summed E-state index contributed by atoms with van der Waals surface area (Å²) < 4.78 is 53.9. The minimum atomic E-state index is -4.08. The third-order valence-corrected chi connectivity index (χ3v) is 6.59. The number of amides is 1. The molecule has 1 amide bonds. The lowest BCUT2D eigenvalue weighted by Crippen LogP contribution is -2.50. The van der Waals surface area contributed by atoms with E-state index >= 15 is 0 Å². The Balaban J connectivity index is 1.71. The van der Waals surface area contributed by atoms with Gasteiger partial charge in [0, 0.05) is 42.3 Å². The second kappa shape index (κ2) is 7.42. The first kappa shape index (κ1) is 18.9. The van der Waals surface area contributed by atoms with Crippen LogP contribution in [0.1, 0.15) is 10.4 Å². The lowest BCUT2D eigenvalue weighted by molar-refractivity contribution is 0.0697. The highest BCUT2D eigenvalue weighted by Gasteiger charge is 2.32. The number of sulfonamides is 1. The molecule has 5 nitrogen and oxygen atoms in total. The molecule has 1 saturated heterocycles. The molecule has 3 rings (SSSR count). The number of rotatable bonds is 3. The topological polar surface area (TPSA) is 57.7 Å². The summed E-state index contributed by atoms with van der Waals surface area (Å²) in [6, 6.07) is 9.24. The summed E-state index contributed by atoms with van der Waals surface area (Å²) in [5.74, 6) is -2.16. The Labute approximate surface area is 158 Å². The standard InChI is InChI=1S/C17H15BrF2N2O3S/c18-13-3-1-12(2-4-13)17(23)21-7-9-22(10-8-21)26(24,25)16-6-5-14(19)11-15(16)20/h1-6,11H,7-10H2. The molecular formula is C17H15BrF2N2O3S. The highest BCUT2D eigenvalue weighted by molar-refractivity contribution is 9.10. The van der Waals surface area contributed by atoms with Gasteiger partial charge in [-0.1, -0.05) is 15.9 Å². The predicted octanol–water partition coefficient (Wildman–Crippen LogP) is 2.87. The molecule has 9 heteroatoms. The molecule has 1 heterocycles. The second-order valence-corrected chi connectivity index (χ2v) is 8.60. The van der Waals surface area contributed by atoms with Gasteiger partial charge in [-0.25, -0.2) is 17.2 Å². The number of benzene rings is 2. The van der Waals surface area contributed by atoms with Gasteiger partial charge in [0.05, 0.1) is 0 Å². The summed E-state index contributed by atoms with van der Waals surface area (Å²) in [6.07, 6.45) is 0. The fourth-order valence-corrected chi connectivity index (χ4v) is 4.46. The van der Waals surface area contributed by atoms with Gasteiger partial charge in [-0.05, 0) is 36.4 Å². The van der Waals surface area contributed by atoms with E-state index in [0.717, 1.165) is 20.9 Å². The summed E-state index contributed by atoms with van der Waals surface area (Å²) in [6.45, 7) is 0.469.